The maximum absolute atomic E-state index is 2.38. The second-order valence-corrected chi connectivity index (χ2v) is 18.2. The lowest BCUT2D eigenvalue weighted by Gasteiger charge is -2.04. The van der Waals surface area contributed by atoms with Gasteiger partial charge >= 0.3 is 0 Å². The van der Waals surface area contributed by atoms with Crippen molar-refractivity contribution in [2.75, 3.05) is 11.5 Å². The quantitative estimate of drug-likeness (QED) is 0.0286. The molecule has 314 valence electrons. The van der Waals surface area contributed by atoms with Crippen LogP contribution in [-0.4, -0.2) is 11.5 Å². The molecule has 0 radical (unpaired) electrons. The lowest BCUT2D eigenvalue weighted by Crippen LogP contribution is -3.00. The van der Waals surface area contributed by atoms with Crippen LogP contribution in [0.2, 0.25) is 0 Å². The van der Waals surface area contributed by atoms with Gasteiger partial charge in [-0.2, -0.15) is 0 Å². The summed E-state index contributed by atoms with van der Waals surface area (Å²) >= 11 is 4.07. The van der Waals surface area contributed by atoms with Crippen LogP contribution >= 0.6 is 23.5 Å². The summed E-state index contributed by atoms with van der Waals surface area (Å²) in [6.45, 7) is 6.95. The van der Waals surface area contributed by atoms with Crippen molar-refractivity contribution in [2.24, 2.45) is 0 Å². The van der Waals surface area contributed by atoms with Crippen molar-refractivity contribution in [1.82, 2.24) is 0 Å². The summed E-state index contributed by atoms with van der Waals surface area (Å²) in [7, 11) is 0. The number of pyridine rings is 2. The molecule has 2 nitrogen and oxygen atoms in total. The third kappa shape index (κ3) is 34.5. The summed E-state index contributed by atoms with van der Waals surface area (Å²) in [5.74, 6) is 2.49. The van der Waals surface area contributed by atoms with Crippen molar-refractivity contribution in [2.45, 2.75) is 242 Å². The van der Waals surface area contributed by atoms with Gasteiger partial charge in [0.05, 0.1) is 0 Å². The van der Waals surface area contributed by atoms with Crippen LogP contribution in [0.3, 0.4) is 0 Å². The van der Waals surface area contributed by atoms with Crippen molar-refractivity contribution in [3.63, 3.8) is 0 Å². The fourth-order valence-electron chi connectivity index (χ4n) is 7.29. The fourth-order valence-corrected chi connectivity index (χ4v) is 9.09. The number of halogens is 2. The minimum Gasteiger partial charge on any atom is -1.00 e. The minimum atomic E-state index is 0. The number of hydrogen-bond donors (Lipinski definition) is 0. The molecular formula is C48H86I2N2S2. The molecule has 0 fully saturated rings. The number of unbranched alkanes of at least 4 members (excludes halogenated alkanes) is 29. The second kappa shape index (κ2) is 43.0. The van der Waals surface area contributed by atoms with Gasteiger partial charge in [-0.3, -0.25) is 0 Å². The SMILES string of the molecule is CCCCCCCCCCCCCCCC[n+]1ccc(SCCCCCCSc2cc[n+](CCCCCCCCCCCCCCCC)cc2)cc1.[I-].[I-]. The van der Waals surface area contributed by atoms with Gasteiger partial charge in [0.1, 0.15) is 13.1 Å². The lowest BCUT2D eigenvalue weighted by atomic mass is 10.0. The van der Waals surface area contributed by atoms with E-state index in [1.54, 1.807) is 0 Å². The molecule has 6 heteroatoms. The highest BCUT2D eigenvalue weighted by Gasteiger charge is 2.04. The highest BCUT2D eigenvalue weighted by Crippen LogP contribution is 2.21. The van der Waals surface area contributed by atoms with Gasteiger partial charge in [0, 0.05) is 46.9 Å². The van der Waals surface area contributed by atoms with Crippen molar-refractivity contribution in [3.05, 3.63) is 49.1 Å². The first-order chi connectivity index (χ1) is 25.8. The second-order valence-electron chi connectivity index (χ2n) is 15.8. The van der Waals surface area contributed by atoms with Crippen LogP contribution < -0.4 is 57.1 Å². The molecule has 0 atom stereocenters. The number of thioether (sulfide) groups is 2. The molecule has 0 saturated carbocycles. The maximum atomic E-state index is 2.38. The Kier molecular flexibility index (Phi) is 43.4. The van der Waals surface area contributed by atoms with Crippen LogP contribution in [0.4, 0.5) is 0 Å². The van der Waals surface area contributed by atoms with E-state index in [-0.39, 0.29) is 48.0 Å². The molecule has 0 unspecified atom stereocenters. The minimum absolute atomic E-state index is 0. The zero-order valence-electron chi connectivity index (χ0n) is 35.5. The largest absolute Gasteiger partial charge is 1.00 e. The molecule has 0 spiro atoms. The number of nitrogens with zero attached hydrogens (tertiary/aromatic N) is 2. The smallest absolute Gasteiger partial charge is 0.169 e. The van der Waals surface area contributed by atoms with Crippen LogP contribution in [0, 0.1) is 0 Å². The standard InChI is InChI=1S/C48H86N2S2.2HI/c1-3-5-7-9-11-13-15-17-19-21-23-25-27-31-39-49-41-35-47(36-42-49)51-45-33-29-30-34-46-52-48-37-43-50(44-38-48)40-32-28-26-24-22-20-18-16-14-12-10-8-6-4-2;;/h35-38,41-44H,3-34,39-40,45-46H2,1-2H3;2*1H/q+2;;/p-2. The van der Waals surface area contributed by atoms with E-state index < -0.39 is 0 Å². The van der Waals surface area contributed by atoms with Crippen LogP contribution in [0.25, 0.3) is 0 Å². The molecular weight excluding hydrogens is 922 g/mol. The molecule has 2 rings (SSSR count). The Hall–Kier alpha value is 0.460. The molecule has 2 heterocycles. The van der Waals surface area contributed by atoms with E-state index in [2.05, 4.69) is 72.0 Å². The average Bonchev–Trinajstić information content (AvgIpc) is 3.17. The van der Waals surface area contributed by atoms with Gasteiger partial charge in [-0.15, -0.1) is 23.5 Å². The van der Waals surface area contributed by atoms with E-state index in [9.17, 15) is 0 Å². The fraction of sp³-hybridized carbons (Fsp3) is 0.792. The van der Waals surface area contributed by atoms with Gasteiger partial charge in [-0.1, -0.05) is 181 Å². The van der Waals surface area contributed by atoms with Crippen molar-refractivity contribution < 1.29 is 57.1 Å². The Bertz CT molecular complexity index is 923. The molecule has 0 saturated heterocycles. The number of aromatic nitrogens is 2. The summed E-state index contributed by atoms with van der Waals surface area (Å²) < 4.78 is 4.77. The molecule has 0 amide bonds. The summed E-state index contributed by atoms with van der Waals surface area (Å²) in [6.07, 6.45) is 54.6. The van der Waals surface area contributed by atoms with Crippen LogP contribution in [-0.2, 0) is 13.1 Å². The summed E-state index contributed by atoms with van der Waals surface area (Å²) in [5, 5.41) is 0. The van der Waals surface area contributed by atoms with Gasteiger partial charge in [0.25, 0.3) is 0 Å². The molecule has 0 N–H and O–H groups in total. The number of hydrogen-bond acceptors (Lipinski definition) is 2. The van der Waals surface area contributed by atoms with Crippen LogP contribution in [0.5, 0.6) is 0 Å². The maximum Gasteiger partial charge on any atom is 0.169 e. The monoisotopic (exact) mass is 1010 g/mol. The molecule has 0 aromatic carbocycles. The van der Waals surface area contributed by atoms with E-state index in [4.69, 9.17) is 0 Å². The summed E-state index contributed by atoms with van der Waals surface area (Å²) in [4.78, 5) is 2.86. The normalized spacial score (nSPS) is 11.1. The lowest BCUT2D eigenvalue weighted by molar-refractivity contribution is -0.697. The van der Waals surface area contributed by atoms with E-state index >= 15 is 0 Å². The average molecular weight is 1010 g/mol. The summed E-state index contributed by atoms with van der Waals surface area (Å²) in [6, 6.07) is 9.31. The van der Waals surface area contributed by atoms with Gasteiger partial charge in [0.2, 0.25) is 0 Å². The van der Waals surface area contributed by atoms with E-state index in [1.807, 2.05) is 23.5 Å². The van der Waals surface area contributed by atoms with Gasteiger partial charge < -0.3 is 48.0 Å². The van der Waals surface area contributed by atoms with E-state index in [1.165, 1.54) is 240 Å². The topological polar surface area (TPSA) is 7.76 Å². The summed E-state index contributed by atoms with van der Waals surface area (Å²) in [5.41, 5.74) is 0. The highest BCUT2D eigenvalue weighted by molar-refractivity contribution is 7.99. The zero-order chi connectivity index (χ0) is 36.8. The van der Waals surface area contributed by atoms with Gasteiger partial charge in [0.15, 0.2) is 24.8 Å². The van der Waals surface area contributed by atoms with Crippen LogP contribution in [0.1, 0.15) is 219 Å². The Morgan fingerprint density at radius 3 is 0.796 bits per heavy atom. The van der Waals surface area contributed by atoms with Gasteiger partial charge in [-0.05, 0) is 37.2 Å². The van der Waals surface area contributed by atoms with Crippen LogP contribution in [0.15, 0.2) is 58.8 Å². The highest BCUT2D eigenvalue weighted by atomic mass is 127. The number of rotatable bonds is 39. The molecule has 0 bridgehead atoms. The van der Waals surface area contributed by atoms with Crippen molar-refractivity contribution >= 4 is 23.5 Å². The molecule has 0 aliphatic heterocycles. The zero-order valence-corrected chi connectivity index (χ0v) is 41.5. The first-order valence-electron chi connectivity index (χ1n) is 23.1. The molecule has 54 heavy (non-hydrogen) atoms. The van der Waals surface area contributed by atoms with Crippen molar-refractivity contribution in [1.29, 1.82) is 0 Å². The number of aryl methyl sites for hydroxylation is 2. The van der Waals surface area contributed by atoms with E-state index in [0.29, 0.717) is 0 Å². The van der Waals surface area contributed by atoms with Gasteiger partial charge in [-0.25, -0.2) is 9.13 Å². The third-order valence-electron chi connectivity index (χ3n) is 10.8. The molecule has 0 aliphatic carbocycles. The predicted octanol–water partition coefficient (Wildman–Crippen LogP) is 9.68. The van der Waals surface area contributed by atoms with Crippen molar-refractivity contribution in [3.8, 4) is 0 Å². The Labute approximate surface area is 380 Å². The molecule has 2 aromatic heterocycles. The molecule has 2 aromatic rings. The predicted molar refractivity (Wildman–Crippen MR) is 234 cm³/mol. The Morgan fingerprint density at radius 1 is 0.315 bits per heavy atom. The first kappa shape index (κ1) is 54.5. The Morgan fingerprint density at radius 2 is 0.537 bits per heavy atom. The third-order valence-corrected chi connectivity index (χ3v) is 13.0. The molecule has 0 aliphatic rings. The first-order valence-corrected chi connectivity index (χ1v) is 25.0. The Balaban J connectivity index is 0.0000140. The van der Waals surface area contributed by atoms with E-state index in [0.717, 1.165) is 0 Å².